The van der Waals surface area contributed by atoms with Crippen molar-refractivity contribution in [2.24, 2.45) is 0 Å². The lowest BCUT2D eigenvalue weighted by Gasteiger charge is -1.95. The molecule has 0 radical (unpaired) electrons. The maximum absolute atomic E-state index is 4.43. The number of benzene rings is 1. The summed E-state index contributed by atoms with van der Waals surface area (Å²) < 4.78 is 5.72. The smallest absolute Gasteiger partial charge is 0.0633 e. The quantitative estimate of drug-likeness (QED) is 0.805. The van der Waals surface area contributed by atoms with Gasteiger partial charge in [0.05, 0.1) is 10.4 Å². The van der Waals surface area contributed by atoms with Crippen LogP contribution in [-0.2, 0) is 6.42 Å². The van der Waals surface area contributed by atoms with Gasteiger partial charge < -0.3 is 5.32 Å². The van der Waals surface area contributed by atoms with Gasteiger partial charge in [0.25, 0.3) is 0 Å². The van der Waals surface area contributed by atoms with Gasteiger partial charge in [-0.25, -0.2) is 0 Å². The molecule has 0 unspecified atom stereocenters. The van der Waals surface area contributed by atoms with Gasteiger partial charge in [-0.05, 0) is 24.6 Å². The molecule has 2 aromatic rings. The van der Waals surface area contributed by atoms with Crippen LogP contribution < -0.4 is 5.32 Å². The van der Waals surface area contributed by atoms with E-state index in [4.69, 9.17) is 0 Å². The van der Waals surface area contributed by atoms with Crippen LogP contribution in [0.5, 0.6) is 0 Å². The van der Waals surface area contributed by atoms with Crippen molar-refractivity contribution in [3.05, 3.63) is 30.0 Å². The molecular formula is C10H12N2S. The molecule has 0 spiro atoms. The van der Waals surface area contributed by atoms with Gasteiger partial charge >= 0.3 is 0 Å². The number of likely N-dealkylation sites (N-methyl/N-ethyl adjacent to an activating group) is 1. The molecule has 1 aromatic carbocycles. The molecule has 0 fully saturated rings. The van der Waals surface area contributed by atoms with Gasteiger partial charge in [-0.2, -0.15) is 4.37 Å². The van der Waals surface area contributed by atoms with Crippen molar-refractivity contribution in [3.8, 4) is 0 Å². The summed E-state index contributed by atoms with van der Waals surface area (Å²) >= 11 is 1.59. The molecule has 2 nitrogen and oxygen atoms in total. The number of fused-ring (bicyclic) bond motifs is 1. The zero-order chi connectivity index (χ0) is 9.10. The number of nitrogens with one attached hydrogen (secondary N) is 1. The van der Waals surface area contributed by atoms with E-state index >= 15 is 0 Å². The molecule has 0 saturated heterocycles. The van der Waals surface area contributed by atoms with Gasteiger partial charge in [0.1, 0.15) is 0 Å². The first-order valence-corrected chi connectivity index (χ1v) is 5.17. The Morgan fingerprint density at radius 3 is 3.08 bits per heavy atom. The third-order valence-electron chi connectivity index (χ3n) is 2.06. The maximum atomic E-state index is 4.43. The highest BCUT2D eigenvalue weighted by Crippen LogP contribution is 2.22. The van der Waals surface area contributed by atoms with E-state index in [0.717, 1.165) is 13.0 Å². The number of hydrogen-bond acceptors (Lipinski definition) is 3. The highest BCUT2D eigenvalue weighted by Gasteiger charge is 2.03. The molecule has 0 bridgehead atoms. The number of hydrogen-bond donors (Lipinski definition) is 1. The molecule has 68 valence electrons. The fraction of sp³-hybridized carbons (Fsp3) is 0.300. The minimum Gasteiger partial charge on any atom is -0.319 e. The van der Waals surface area contributed by atoms with Gasteiger partial charge in [0, 0.05) is 18.4 Å². The Bertz CT molecular complexity index is 394. The van der Waals surface area contributed by atoms with Crippen molar-refractivity contribution < 1.29 is 0 Å². The van der Waals surface area contributed by atoms with Gasteiger partial charge in [0.2, 0.25) is 0 Å². The minimum absolute atomic E-state index is 0.994. The fourth-order valence-corrected chi connectivity index (χ4v) is 2.18. The highest BCUT2D eigenvalue weighted by atomic mass is 32.1. The predicted octanol–water partition coefficient (Wildman–Crippen LogP) is 2.06. The third-order valence-corrected chi connectivity index (χ3v) is 2.93. The van der Waals surface area contributed by atoms with Crippen molar-refractivity contribution in [1.29, 1.82) is 0 Å². The summed E-state index contributed by atoms with van der Waals surface area (Å²) in [4.78, 5) is 0. The number of nitrogens with zero attached hydrogens (tertiary/aromatic N) is 1. The zero-order valence-electron chi connectivity index (χ0n) is 7.58. The van der Waals surface area contributed by atoms with Crippen molar-refractivity contribution >= 4 is 21.6 Å². The Morgan fingerprint density at radius 1 is 1.38 bits per heavy atom. The number of rotatable bonds is 3. The van der Waals surface area contributed by atoms with Gasteiger partial charge in [-0.15, -0.1) is 0 Å². The first-order valence-electron chi connectivity index (χ1n) is 4.39. The Labute approximate surface area is 81.8 Å². The van der Waals surface area contributed by atoms with Crippen LogP contribution in [0.15, 0.2) is 24.3 Å². The topological polar surface area (TPSA) is 24.9 Å². The van der Waals surface area contributed by atoms with Crippen LogP contribution in [0.2, 0.25) is 0 Å². The Morgan fingerprint density at radius 2 is 2.23 bits per heavy atom. The molecule has 0 amide bonds. The van der Waals surface area contributed by atoms with Crippen LogP contribution in [0, 0.1) is 0 Å². The summed E-state index contributed by atoms with van der Waals surface area (Å²) in [5, 5.41) is 4.44. The zero-order valence-corrected chi connectivity index (χ0v) is 8.40. The van der Waals surface area contributed by atoms with Crippen LogP contribution in [0.3, 0.4) is 0 Å². The molecule has 1 aromatic heterocycles. The summed E-state index contributed by atoms with van der Waals surface area (Å²) in [6, 6.07) is 8.39. The maximum Gasteiger partial charge on any atom is 0.0633 e. The van der Waals surface area contributed by atoms with E-state index in [-0.39, 0.29) is 0 Å². The minimum atomic E-state index is 0.994. The highest BCUT2D eigenvalue weighted by molar-refractivity contribution is 7.13. The Balaban J connectivity index is 2.35. The molecule has 1 heterocycles. The average molecular weight is 192 g/mol. The third kappa shape index (κ3) is 1.71. The van der Waals surface area contributed by atoms with E-state index in [1.54, 1.807) is 11.5 Å². The predicted molar refractivity (Wildman–Crippen MR) is 57.3 cm³/mol. The van der Waals surface area contributed by atoms with Crippen LogP contribution in [0.25, 0.3) is 10.1 Å². The van der Waals surface area contributed by atoms with E-state index in [9.17, 15) is 0 Å². The fourth-order valence-electron chi connectivity index (χ4n) is 1.36. The van der Waals surface area contributed by atoms with Crippen molar-refractivity contribution in [3.63, 3.8) is 0 Å². The first-order chi connectivity index (χ1) is 6.42. The molecule has 0 atom stereocenters. The summed E-state index contributed by atoms with van der Waals surface area (Å²) in [6.07, 6.45) is 1.01. The average Bonchev–Trinajstić information content (AvgIpc) is 2.58. The van der Waals surface area contributed by atoms with Crippen LogP contribution in [-0.4, -0.2) is 18.0 Å². The van der Waals surface area contributed by atoms with Crippen molar-refractivity contribution in [2.45, 2.75) is 6.42 Å². The standard InChI is InChI=1S/C10H12N2S/c1-11-7-6-9-8-4-2-3-5-10(8)13-12-9/h2-5,11H,6-7H2,1H3. The van der Waals surface area contributed by atoms with E-state index < -0.39 is 0 Å². The molecular weight excluding hydrogens is 180 g/mol. The molecule has 0 aliphatic heterocycles. The second kappa shape index (κ2) is 3.85. The number of aromatic nitrogens is 1. The summed E-state index contributed by atoms with van der Waals surface area (Å²) in [7, 11) is 1.97. The summed E-state index contributed by atoms with van der Waals surface area (Å²) in [5.41, 5.74) is 1.22. The molecule has 13 heavy (non-hydrogen) atoms. The molecule has 0 aliphatic rings. The Kier molecular flexibility index (Phi) is 2.57. The molecule has 0 saturated carbocycles. The second-order valence-electron chi connectivity index (χ2n) is 2.98. The van der Waals surface area contributed by atoms with Crippen LogP contribution in [0.1, 0.15) is 5.69 Å². The van der Waals surface area contributed by atoms with Crippen LogP contribution in [0.4, 0.5) is 0 Å². The lowest BCUT2D eigenvalue weighted by atomic mass is 10.2. The normalized spacial score (nSPS) is 10.8. The SMILES string of the molecule is CNCCc1nsc2ccccc12. The largest absolute Gasteiger partial charge is 0.319 e. The molecule has 1 N–H and O–H groups in total. The van der Waals surface area contributed by atoms with E-state index in [1.165, 1.54) is 15.8 Å². The van der Waals surface area contributed by atoms with Gasteiger partial charge in [-0.3, -0.25) is 0 Å². The summed E-state index contributed by atoms with van der Waals surface area (Å²) in [5.74, 6) is 0. The van der Waals surface area contributed by atoms with E-state index in [0.29, 0.717) is 0 Å². The van der Waals surface area contributed by atoms with E-state index in [1.807, 2.05) is 7.05 Å². The van der Waals surface area contributed by atoms with Crippen LogP contribution >= 0.6 is 11.5 Å². The molecule has 2 rings (SSSR count). The van der Waals surface area contributed by atoms with E-state index in [2.05, 4.69) is 34.0 Å². The lowest BCUT2D eigenvalue weighted by molar-refractivity contribution is 0.786. The molecule has 0 aliphatic carbocycles. The first kappa shape index (κ1) is 8.66. The molecule has 3 heteroatoms. The Hall–Kier alpha value is -0.930. The lowest BCUT2D eigenvalue weighted by Crippen LogP contribution is -2.10. The van der Waals surface area contributed by atoms with Crippen molar-refractivity contribution in [1.82, 2.24) is 9.69 Å². The van der Waals surface area contributed by atoms with Gasteiger partial charge in [0.15, 0.2) is 0 Å². The van der Waals surface area contributed by atoms with Crippen molar-refractivity contribution in [2.75, 3.05) is 13.6 Å². The monoisotopic (exact) mass is 192 g/mol. The summed E-state index contributed by atoms with van der Waals surface area (Å²) in [6.45, 7) is 0.994. The van der Waals surface area contributed by atoms with Gasteiger partial charge in [-0.1, -0.05) is 18.2 Å². The second-order valence-corrected chi connectivity index (χ2v) is 3.78.